The lowest BCUT2D eigenvalue weighted by Gasteiger charge is -2.08. The highest BCUT2D eigenvalue weighted by molar-refractivity contribution is 7.85. The van der Waals surface area contributed by atoms with Crippen LogP contribution in [0.4, 0.5) is 5.69 Å². The largest absolute Gasteiger partial charge is 0.742 e. The fraction of sp³-hybridized carbons (Fsp3) is 0.0588. The van der Waals surface area contributed by atoms with Crippen LogP contribution < -0.4 is 10.7 Å². The Morgan fingerprint density at radius 2 is 1.88 bits per heavy atom. The van der Waals surface area contributed by atoms with Crippen molar-refractivity contribution in [3.8, 4) is 0 Å². The Morgan fingerprint density at radius 1 is 1.12 bits per heavy atom. The van der Waals surface area contributed by atoms with Crippen molar-refractivity contribution in [3.63, 3.8) is 0 Å². The summed E-state index contributed by atoms with van der Waals surface area (Å²) in [7, 11) is -4.66. The van der Waals surface area contributed by atoms with Gasteiger partial charge in [0, 0.05) is 11.1 Å². The molecule has 134 valence electrons. The number of hydrogen-bond donors (Lipinski definition) is 2. The molecule has 1 heterocycles. The SMILES string of the molecule is O=C(CNc1cccc2ccccc12)N/N=C/c1ccc(S(=O)(=O)[O-])o1. The van der Waals surface area contributed by atoms with Crippen molar-refractivity contribution in [1.29, 1.82) is 0 Å². The Hall–Kier alpha value is -3.17. The molecule has 0 aliphatic heterocycles. The lowest BCUT2D eigenvalue weighted by Crippen LogP contribution is -2.25. The maximum atomic E-state index is 11.8. The van der Waals surface area contributed by atoms with Crippen molar-refractivity contribution in [1.82, 2.24) is 5.43 Å². The third kappa shape index (κ3) is 4.26. The van der Waals surface area contributed by atoms with Crippen LogP contribution in [0.5, 0.6) is 0 Å². The summed E-state index contributed by atoms with van der Waals surface area (Å²) in [4.78, 5) is 11.8. The number of hydrogen-bond acceptors (Lipinski definition) is 7. The van der Waals surface area contributed by atoms with Gasteiger partial charge in [0.1, 0.15) is 5.76 Å². The highest BCUT2D eigenvalue weighted by Crippen LogP contribution is 2.22. The zero-order valence-electron chi connectivity index (χ0n) is 13.4. The molecule has 0 spiro atoms. The summed E-state index contributed by atoms with van der Waals surface area (Å²) in [5.74, 6) is -0.376. The summed E-state index contributed by atoms with van der Waals surface area (Å²) in [6, 6.07) is 15.8. The average Bonchev–Trinajstić information content (AvgIpc) is 3.09. The van der Waals surface area contributed by atoms with Crippen LogP contribution in [0.3, 0.4) is 0 Å². The van der Waals surface area contributed by atoms with Gasteiger partial charge in [0.15, 0.2) is 10.1 Å². The molecule has 0 radical (unpaired) electrons. The molecule has 0 atom stereocenters. The highest BCUT2D eigenvalue weighted by atomic mass is 32.2. The van der Waals surface area contributed by atoms with Crippen LogP contribution in [-0.4, -0.2) is 31.6 Å². The smallest absolute Gasteiger partial charge is 0.259 e. The number of carbonyl (C=O) groups is 1. The van der Waals surface area contributed by atoms with Gasteiger partial charge in [-0.3, -0.25) is 4.79 Å². The van der Waals surface area contributed by atoms with E-state index in [4.69, 9.17) is 4.42 Å². The van der Waals surface area contributed by atoms with E-state index < -0.39 is 21.1 Å². The molecule has 2 aromatic carbocycles. The van der Waals surface area contributed by atoms with Gasteiger partial charge in [-0.1, -0.05) is 36.4 Å². The predicted molar refractivity (Wildman–Crippen MR) is 94.8 cm³/mol. The van der Waals surface area contributed by atoms with Crippen molar-refractivity contribution < 1.29 is 22.2 Å². The number of nitrogens with one attached hydrogen (secondary N) is 2. The second-order valence-electron chi connectivity index (χ2n) is 5.28. The van der Waals surface area contributed by atoms with Crippen molar-refractivity contribution in [2.75, 3.05) is 11.9 Å². The van der Waals surface area contributed by atoms with E-state index in [2.05, 4.69) is 15.8 Å². The highest BCUT2D eigenvalue weighted by Gasteiger charge is 2.07. The van der Waals surface area contributed by atoms with Gasteiger partial charge in [0.05, 0.1) is 12.8 Å². The lowest BCUT2D eigenvalue weighted by atomic mass is 10.1. The van der Waals surface area contributed by atoms with Crippen LogP contribution in [0.15, 0.2) is 69.2 Å². The summed E-state index contributed by atoms with van der Waals surface area (Å²) in [5, 5.41) is 8.03. The van der Waals surface area contributed by atoms with Crippen LogP contribution >= 0.6 is 0 Å². The molecule has 0 fully saturated rings. The summed E-state index contributed by atoms with van der Waals surface area (Å²) < 4.78 is 37.1. The number of fused-ring (bicyclic) bond motifs is 1. The van der Waals surface area contributed by atoms with Crippen LogP contribution in [0.25, 0.3) is 10.8 Å². The number of furan rings is 1. The van der Waals surface area contributed by atoms with Gasteiger partial charge in [0.25, 0.3) is 5.91 Å². The number of amides is 1. The van der Waals surface area contributed by atoms with E-state index in [9.17, 15) is 17.8 Å². The van der Waals surface area contributed by atoms with Gasteiger partial charge in [-0.25, -0.2) is 13.8 Å². The first-order valence-electron chi connectivity index (χ1n) is 7.53. The third-order valence-corrected chi connectivity index (χ3v) is 4.17. The number of carbonyl (C=O) groups excluding carboxylic acids is 1. The molecule has 0 aliphatic carbocycles. The van der Waals surface area contributed by atoms with Crippen molar-refractivity contribution >= 4 is 38.7 Å². The molecule has 3 rings (SSSR count). The van der Waals surface area contributed by atoms with E-state index in [1.807, 2.05) is 42.5 Å². The first kappa shape index (κ1) is 17.6. The number of nitrogens with zero attached hydrogens (tertiary/aromatic N) is 1. The van der Waals surface area contributed by atoms with Gasteiger partial charge >= 0.3 is 0 Å². The number of anilines is 1. The van der Waals surface area contributed by atoms with E-state index in [-0.39, 0.29) is 12.3 Å². The van der Waals surface area contributed by atoms with Crippen LogP contribution in [0.2, 0.25) is 0 Å². The Labute approximate surface area is 149 Å². The van der Waals surface area contributed by atoms with E-state index >= 15 is 0 Å². The van der Waals surface area contributed by atoms with Crippen molar-refractivity contribution in [3.05, 3.63) is 60.4 Å². The molecule has 26 heavy (non-hydrogen) atoms. The molecule has 0 saturated heterocycles. The molecule has 1 aromatic heterocycles. The van der Waals surface area contributed by atoms with Crippen molar-refractivity contribution in [2.45, 2.75) is 5.09 Å². The minimum absolute atomic E-state index is 0.0102. The minimum Gasteiger partial charge on any atom is -0.742 e. The first-order chi connectivity index (χ1) is 12.4. The molecule has 0 bridgehead atoms. The Balaban J connectivity index is 1.57. The molecule has 2 N–H and O–H groups in total. The first-order valence-corrected chi connectivity index (χ1v) is 8.93. The van der Waals surface area contributed by atoms with Gasteiger partial charge in [0.2, 0.25) is 5.09 Å². The molecule has 0 unspecified atom stereocenters. The minimum atomic E-state index is -4.66. The van der Waals surface area contributed by atoms with Gasteiger partial charge in [-0.15, -0.1) is 0 Å². The van der Waals surface area contributed by atoms with Crippen LogP contribution in [0, 0.1) is 0 Å². The second-order valence-corrected chi connectivity index (χ2v) is 6.59. The van der Waals surface area contributed by atoms with Crippen LogP contribution in [0.1, 0.15) is 5.76 Å². The average molecular weight is 372 g/mol. The molecular weight excluding hydrogens is 358 g/mol. The maximum absolute atomic E-state index is 11.8. The van der Waals surface area contributed by atoms with E-state index in [1.54, 1.807) is 0 Å². The second kappa shape index (κ2) is 7.38. The summed E-state index contributed by atoms with van der Waals surface area (Å²) >= 11 is 0. The monoisotopic (exact) mass is 372 g/mol. The topological polar surface area (TPSA) is 124 Å². The van der Waals surface area contributed by atoms with Gasteiger partial charge in [-0.05, 0) is 23.6 Å². The molecule has 1 amide bonds. The Morgan fingerprint density at radius 3 is 2.65 bits per heavy atom. The van der Waals surface area contributed by atoms with Gasteiger partial charge < -0.3 is 14.3 Å². The Bertz CT molecular complexity index is 1070. The van der Waals surface area contributed by atoms with E-state index in [0.717, 1.165) is 28.7 Å². The maximum Gasteiger partial charge on any atom is 0.259 e. The van der Waals surface area contributed by atoms with Crippen molar-refractivity contribution in [2.24, 2.45) is 5.10 Å². The third-order valence-electron chi connectivity index (χ3n) is 3.46. The fourth-order valence-electron chi connectivity index (χ4n) is 2.30. The fourth-order valence-corrected chi connectivity index (χ4v) is 2.73. The summed E-state index contributed by atoms with van der Waals surface area (Å²) in [6.07, 6.45) is 1.10. The number of hydrazone groups is 1. The zero-order chi connectivity index (χ0) is 18.6. The standard InChI is InChI=1S/C17H15N3O5S/c21-16(20-19-10-13-8-9-17(25-13)26(22,23)24)11-18-15-7-3-5-12-4-1-2-6-14(12)15/h1-10,18H,11H2,(H,20,21)(H,22,23,24)/p-1/b19-10+. The lowest BCUT2D eigenvalue weighted by molar-refractivity contribution is -0.119. The number of benzene rings is 2. The van der Waals surface area contributed by atoms with Gasteiger partial charge in [-0.2, -0.15) is 5.10 Å². The summed E-state index contributed by atoms with van der Waals surface area (Å²) in [6.45, 7) is -0.0102. The molecule has 8 nitrogen and oxygen atoms in total. The predicted octanol–water partition coefficient (Wildman–Crippen LogP) is 1.90. The van der Waals surface area contributed by atoms with E-state index in [0.29, 0.717) is 0 Å². The molecule has 0 saturated carbocycles. The molecule has 3 aromatic rings. The molecule has 0 aliphatic rings. The molecular formula is C17H14N3O5S-. The van der Waals surface area contributed by atoms with E-state index in [1.165, 1.54) is 6.07 Å². The quantitative estimate of drug-likeness (QED) is 0.387. The molecule has 9 heteroatoms. The van der Waals surface area contributed by atoms with Crippen LogP contribution in [-0.2, 0) is 14.9 Å². The summed E-state index contributed by atoms with van der Waals surface area (Å²) in [5.41, 5.74) is 3.10. The Kier molecular flexibility index (Phi) is 5.01. The normalized spacial score (nSPS) is 11.7. The zero-order valence-corrected chi connectivity index (χ0v) is 14.2. The number of rotatable bonds is 6.